The molecule has 3 aliphatic carbocycles. The number of nitrogens with zero attached hydrogens (tertiary/aromatic N) is 1. The Morgan fingerprint density at radius 1 is 0.848 bits per heavy atom. The number of fused-ring (bicyclic) bond motifs is 5. The van der Waals surface area contributed by atoms with E-state index in [0.717, 1.165) is 0 Å². The summed E-state index contributed by atoms with van der Waals surface area (Å²) in [5.74, 6) is -4.69. The van der Waals surface area contributed by atoms with E-state index >= 15 is 9.59 Å². The van der Waals surface area contributed by atoms with Crippen LogP contribution >= 0.6 is 0 Å². The van der Waals surface area contributed by atoms with Crippen LogP contribution < -0.4 is 14.8 Å². The first kappa shape index (κ1) is 59.0. The van der Waals surface area contributed by atoms with Gasteiger partial charge >= 0.3 is 29.9 Å². The highest BCUT2D eigenvalue weighted by Crippen LogP contribution is 2.65. The van der Waals surface area contributed by atoms with Gasteiger partial charge in [0, 0.05) is 49.3 Å². The number of esters is 4. The van der Waals surface area contributed by atoms with Crippen molar-refractivity contribution in [1.29, 1.82) is 0 Å². The summed E-state index contributed by atoms with van der Waals surface area (Å²) in [4.78, 5) is 90.7. The molecule has 18 nitrogen and oxygen atoms in total. The van der Waals surface area contributed by atoms with E-state index < -0.39 is 133 Å². The molecule has 0 aromatic heterocycles. The van der Waals surface area contributed by atoms with Crippen molar-refractivity contribution in [3.05, 3.63) is 107 Å². The molecular formula is C60H78N2O16Si. The van der Waals surface area contributed by atoms with E-state index in [0.29, 0.717) is 40.8 Å². The van der Waals surface area contributed by atoms with Crippen molar-refractivity contribution in [1.82, 2.24) is 10.2 Å². The molecule has 3 aromatic carbocycles. The maximum Gasteiger partial charge on any atom is 0.338 e. The van der Waals surface area contributed by atoms with Crippen LogP contribution in [0.25, 0.3) is 0 Å². The lowest BCUT2D eigenvalue weighted by molar-refractivity contribution is -0.344. The zero-order valence-electron chi connectivity index (χ0n) is 48.0. The molecule has 5 aliphatic rings. The predicted molar refractivity (Wildman–Crippen MR) is 291 cm³/mol. The highest BCUT2D eigenvalue weighted by molar-refractivity contribution is 6.73. The quantitative estimate of drug-likeness (QED) is 0.0628. The molecule has 428 valence electrons. The Kier molecular flexibility index (Phi) is 16.5. The number of hydrogen-bond acceptors (Lipinski definition) is 16. The third kappa shape index (κ3) is 10.3. The number of nitrogens with one attached hydrogen (secondary N) is 1. The topological polar surface area (TPSA) is 221 Å². The van der Waals surface area contributed by atoms with Gasteiger partial charge in [-0.2, -0.15) is 0 Å². The second-order valence-corrected chi connectivity index (χ2v) is 28.2. The van der Waals surface area contributed by atoms with Gasteiger partial charge in [-0.3, -0.25) is 19.3 Å². The van der Waals surface area contributed by atoms with Crippen LogP contribution in [0.15, 0.2) is 90.0 Å². The Balaban J connectivity index is 1.35. The zero-order chi connectivity index (χ0) is 57.8. The lowest BCUT2D eigenvalue weighted by Crippen LogP contribution is -2.82. The lowest BCUT2D eigenvalue weighted by Gasteiger charge is -2.68. The molecule has 2 bridgehead atoms. The number of ether oxygens (including phenoxy) is 8. The second-order valence-electron chi connectivity index (χ2n) is 23.5. The summed E-state index contributed by atoms with van der Waals surface area (Å²) in [6.45, 7) is 20.4. The van der Waals surface area contributed by atoms with Gasteiger partial charge in [-0.05, 0) is 93.7 Å². The van der Waals surface area contributed by atoms with Crippen molar-refractivity contribution >= 4 is 44.0 Å². The van der Waals surface area contributed by atoms with Gasteiger partial charge in [0.25, 0.3) is 0 Å². The minimum Gasteiger partial charge on any atom is -0.497 e. The summed E-state index contributed by atoms with van der Waals surface area (Å²) in [5.41, 5.74) is -6.92. The molecule has 0 spiro atoms. The van der Waals surface area contributed by atoms with Crippen molar-refractivity contribution in [2.75, 3.05) is 20.8 Å². The molecule has 2 N–H and O–H groups in total. The van der Waals surface area contributed by atoms with E-state index in [4.69, 9.17) is 42.3 Å². The summed E-state index contributed by atoms with van der Waals surface area (Å²) >= 11 is 0. The summed E-state index contributed by atoms with van der Waals surface area (Å²) in [6, 6.07) is 22.4. The number of hydrogen-bond donors (Lipinski definition) is 2. The molecule has 8 rings (SSSR count). The SMILES string of the molecule is CC[Si](CC)(CC)O[C@H]1CC2OC[C@@]2(OC(C)=O)C2[C@H](OC(=O)c3ccccc3)[C@]3(O)CC(OC(=O)C4OC(c5ccc(OC)cc5OC)N(C(=O)NC(C)(C)C)[C@H]4c4ccccc4)C(C)=C([C@@H](OC(C)=O)C(=O)[C@@]21C)C3(C)C. The van der Waals surface area contributed by atoms with Crippen LogP contribution in [0.5, 0.6) is 11.5 Å². The molecule has 0 radical (unpaired) electrons. The van der Waals surface area contributed by atoms with Gasteiger partial charge in [0.05, 0.1) is 49.9 Å². The van der Waals surface area contributed by atoms with Crippen LogP contribution in [-0.4, -0.2) is 128 Å². The minimum absolute atomic E-state index is 0.0746. The Morgan fingerprint density at radius 3 is 2.03 bits per heavy atom. The third-order valence-corrected chi connectivity index (χ3v) is 22.3. The van der Waals surface area contributed by atoms with Crippen LogP contribution in [0.3, 0.4) is 0 Å². The molecule has 12 atom stereocenters. The minimum atomic E-state index is -2.67. The predicted octanol–water partition coefficient (Wildman–Crippen LogP) is 8.90. The number of benzene rings is 3. The maximum absolute atomic E-state index is 16.6. The fourth-order valence-electron chi connectivity index (χ4n) is 13.3. The van der Waals surface area contributed by atoms with Crippen molar-refractivity contribution in [3.8, 4) is 11.5 Å². The lowest BCUT2D eigenvalue weighted by atomic mass is 9.44. The molecule has 19 heteroatoms. The Labute approximate surface area is 464 Å². The number of urea groups is 1. The van der Waals surface area contributed by atoms with Gasteiger partial charge in [-0.15, -0.1) is 0 Å². The summed E-state index contributed by atoms with van der Waals surface area (Å²) < 4.78 is 58.0. The Hall–Kier alpha value is -6.12. The van der Waals surface area contributed by atoms with Crippen molar-refractivity contribution in [3.63, 3.8) is 0 Å². The van der Waals surface area contributed by atoms with Crippen LogP contribution in [0.1, 0.15) is 130 Å². The third-order valence-electron chi connectivity index (χ3n) is 17.6. The number of methoxy groups -OCH3 is 2. The number of aliphatic hydroxyl groups is 1. The van der Waals surface area contributed by atoms with E-state index in [2.05, 4.69) is 26.1 Å². The van der Waals surface area contributed by atoms with E-state index in [1.807, 2.05) is 20.8 Å². The molecule has 2 saturated carbocycles. The number of carbonyl (C=O) groups excluding carboxylic acids is 6. The Morgan fingerprint density at radius 2 is 1.48 bits per heavy atom. The Bertz CT molecular complexity index is 2840. The highest BCUT2D eigenvalue weighted by atomic mass is 28.4. The second kappa shape index (κ2) is 22.1. The first-order chi connectivity index (χ1) is 37.2. The van der Waals surface area contributed by atoms with E-state index in [1.54, 1.807) is 107 Å². The normalized spacial score (nSPS) is 31.0. The van der Waals surface area contributed by atoms with E-state index in [9.17, 15) is 24.3 Å². The molecule has 2 heterocycles. The monoisotopic (exact) mass is 1110 g/mol. The van der Waals surface area contributed by atoms with Gasteiger partial charge in [0.15, 0.2) is 38.1 Å². The average molecular weight is 1110 g/mol. The van der Waals surface area contributed by atoms with Gasteiger partial charge in [-0.25, -0.2) is 14.4 Å². The molecule has 4 fully saturated rings. The summed E-state index contributed by atoms with van der Waals surface area (Å²) in [5, 5.41) is 17.5. The van der Waals surface area contributed by atoms with E-state index in [1.165, 1.54) is 33.0 Å². The molecule has 79 heavy (non-hydrogen) atoms. The zero-order valence-corrected chi connectivity index (χ0v) is 49.0. The molecular weight excluding hydrogens is 1030 g/mol. The molecule has 3 aromatic rings. The molecule has 5 unspecified atom stereocenters. The average Bonchev–Trinajstić information content (AvgIpc) is 4.00. The number of rotatable bonds is 15. The summed E-state index contributed by atoms with van der Waals surface area (Å²) in [6.07, 6.45) is -10.1. The van der Waals surface area contributed by atoms with Gasteiger partial charge in [0.2, 0.25) is 0 Å². The highest BCUT2D eigenvalue weighted by Gasteiger charge is 2.79. The van der Waals surface area contributed by atoms with Crippen molar-refractivity contribution < 1.29 is 76.2 Å². The van der Waals surface area contributed by atoms with Gasteiger partial charge in [0.1, 0.15) is 35.4 Å². The molecule has 2 amide bonds. The standard InChI is InChI=1S/C60H78N2O16Si/c1-15-79(16-2,17-3)78-43-31-44-59(33-72-44,77-36(6)64)49-51(76-53(66)38-26-22-19-23-27-38)60(69)32-42(34(4)45(57(60,10)11)47(73-35(5)63)50(65)58(43,49)12)74-54(67)48-46(37-24-20-18-21-25-37)62(55(68)61-56(7,8)9)52(75-48)40-29-28-39(70-13)30-41(40)71-14/h18-30,42-44,46-49,51-52,69H,15-17,31-33H2,1-14H3,(H,61,68)/t42?,43-,44?,46-,47+,48?,49?,51-,52?,58+,59-,60+/m0/s1. The number of ketones is 1. The van der Waals surface area contributed by atoms with Crippen LogP contribution in [0, 0.1) is 16.7 Å². The van der Waals surface area contributed by atoms with Crippen molar-refractivity contribution in [2.45, 2.75) is 180 Å². The smallest absolute Gasteiger partial charge is 0.338 e. The fraction of sp³-hybridized carbons (Fsp3) is 0.567. The van der Waals surface area contributed by atoms with Crippen LogP contribution in [0.4, 0.5) is 4.79 Å². The largest absolute Gasteiger partial charge is 0.497 e. The van der Waals surface area contributed by atoms with Gasteiger partial charge in [-0.1, -0.05) is 83.1 Å². The first-order valence-corrected chi connectivity index (χ1v) is 29.9. The fourth-order valence-corrected chi connectivity index (χ4v) is 16.2. The molecule has 2 saturated heterocycles. The number of amides is 2. The van der Waals surface area contributed by atoms with Crippen molar-refractivity contribution in [2.24, 2.45) is 16.7 Å². The maximum atomic E-state index is 16.6. The number of carbonyl (C=O) groups is 6. The first-order valence-electron chi connectivity index (χ1n) is 27.3. The number of Topliss-reactive ketones (excluding diaryl/α,β-unsaturated/α-hetero) is 1. The summed E-state index contributed by atoms with van der Waals surface area (Å²) in [7, 11) is 0.299. The van der Waals surface area contributed by atoms with E-state index in [-0.39, 0.29) is 29.7 Å². The van der Waals surface area contributed by atoms with Crippen LogP contribution in [-0.2, 0) is 52.0 Å². The van der Waals surface area contributed by atoms with Gasteiger partial charge < -0.3 is 52.7 Å². The molecule has 2 aliphatic heterocycles. The van der Waals surface area contributed by atoms with Crippen LogP contribution in [0.2, 0.25) is 18.1 Å².